The van der Waals surface area contributed by atoms with Gasteiger partial charge in [0.25, 0.3) is 0 Å². The molecule has 0 amide bonds. The molecule has 0 aromatic rings. The molecule has 1 aliphatic heterocycles. The molecular formula is C12H27N3O2S. The lowest BCUT2D eigenvalue weighted by atomic mass is 10.3. The lowest BCUT2D eigenvalue weighted by Gasteiger charge is -2.25. The van der Waals surface area contributed by atoms with Crippen LogP contribution in [0.1, 0.15) is 33.1 Å². The maximum absolute atomic E-state index is 12.2. The van der Waals surface area contributed by atoms with Crippen molar-refractivity contribution in [2.45, 2.75) is 38.4 Å². The van der Waals surface area contributed by atoms with Crippen LogP contribution in [0.4, 0.5) is 0 Å². The van der Waals surface area contributed by atoms with Crippen LogP contribution >= 0.6 is 0 Å². The summed E-state index contributed by atoms with van der Waals surface area (Å²) in [6, 6.07) is 0. The van der Waals surface area contributed by atoms with Crippen LogP contribution in [-0.2, 0) is 10.0 Å². The molecule has 0 aliphatic carbocycles. The van der Waals surface area contributed by atoms with Crippen molar-refractivity contribution < 1.29 is 8.42 Å². The quantitative estimate of drug-likeness (QED) is 0.766. The fourth-order valence-corrected chi connectivity index (χ4v) is 3.38. The molecule has 0 radical (unpaired) electrons. The summed E-state index contributed by atoms with van der Waals surface area (Å²) in [7, 11) is -3.11. The van der Waals surface area contributed by atoms with Crippen molar-refractivity contribution in [1.29, 1.82) is 0 Å². The average Bonchev–Trinajstić information content (AvgIpc) is 2.29. The molecule has 0 atom stereocenters. The zero-order valence-corrected chi connectivity index (χ0v) is 12.4. The van der Waals surface area contributed by atoms with Crippen molar-refractivity contribution in [1.82, 2.24) is 14.9 Å². The van der Waals surface area contributed by atoms with Gasteiger partial charge in [0.2, 0.25) is 10.0 Å². The van der Waals surface area contributed by atoms with Gasteiger partial charge in [-0.3, -0.25) is 0 Å². The molecule has 0 unspecified atom stereocenters. The predicted molar refractivity (Wildman–Crippen MR) is 75.2 cm³/mol. The second-order valence-electron chi connectivity index (χ2n) is 5.05. The highest BCUT2D eigenvalue weighted by atomic mass is 32.2. The van der Waals surface area contributed by atoms with Crippen LogP contribution in [0.3, 0.4) is 0 Å². The van der Waals surface area contributed by atoms with Crippen molar-refractivity contribution >= 4 is 10.0 Å². The third-order valence-corrected chi connectivity index (χ3v) is 5.46. The molecule has 5 nitrogen and oxygen atoms in total. The number of nitrogens with zero attached hydrogens (tertiary/aromatic N) is 1. The Labute approximate surface area is 111 Å². The van der Waals surface area contributed by atoms with Crippen molar-refractivity contribution in [2.75, 3.05) is 39.3 Å². The largest absolute Gasteiger partial charge is 0.317 e. The molecule has 0 bridgehead atoms. The number of hydrogen-bond acceptors (Lipinski definition) is 4. The number of sulfonamides is 1. The monoisotopic (exact) mass is 277 g/mol. The van der Waals surface area contributed by atoms with E-state index in [1.807, 2.05) is 0 Å². The fourth-order valence-electron chi connectivity index (χ4n) is 2.01. The van der Waals surface area contributed by atoms with Gasteiger partial charge in [-0.25, -0.2) is 12.7 Å². The Balaban J connectivity index is 2.56. The first-order valence-electron chi connectivity index (χ1n) is 6.95. The molecule has 2 N–H and O–H groups in total. The van der Waals surface area contributed by atoms with E-state index in [0.717, 1.165) is 45.4 Å². The van der Waals surface area contributed by atoms with E-state index in [-0.39, 0.29) is 5.25 Å². The molecule has 1 rings (SSSR count). The Kier molecular flexibility index (Phi) is 7.14. The minimum Gasteiger partial charge on any atom is -0.317 e. The molecule has 1 heterocycles. The highest BCUT2D eigenvalue weighted by Gasteiger charge is 2.24. The fraction of sp³-hybridized carbons (Fsp3) is 1.00. The van der Waals surface area contributed by atoms with E-state index in [0.29, 0.717) is 13.1 Å². The van der Waals surface area contributed by atoms with Gasteiger partial charge >= 0.3 is 0 Å². The van der Waals surface area contributed by atoms with E-state index in [9.17, 15) is 8.42 Å². The summed E-state index contributed by atoms with van der Waals surface area (Å²) in [5.74, 6) is 0. The van der Waals surface area contributed by atoms with Gasteiger partial charge < -0.3 is 10.6 Å². The van der Waals surface area contributed by atoms with Gasteiger partial charge in [-0.2, -0.15) is 0 Å². The molecule has 0 aromatic carbocycles. The van der Waals surface area contributed by atoms with Crippen molar-refractivity contribution in [3.05, 3.63) is 0 Å². The standard InChI is InChI=1S/C12H27N3O2S/c1-12(2)18(16,17)15-10-4-8-13-6-3-7-14-9-5-11-15/h12-14H,3-11H2,1-2H3. The molecular weight excluding hydrogens is 250 g/mol. The summed E-state index contributed by atoms with van der Waals surface area (Å²) in [6.45, 7) is 8.56. The molecule has 18 heavy (non-hydrogen) atoms. The minimum atomic E-state index is -3.11. The summed E-state index contributed by atoms with van der Waals surface area (Å²) in [5.41, 5.74) is 0. The van der Waals surface area contributed by atoms with Crippen molar-refractivity contribution in [3.8, 4) is 0 Å². The van der Waals surface area contributed by atoms with Gasteiger partial charge in [0.15, 0.2) is 0 Å². The Bertz CT molecular complexity index is 305. The van der Waals surface area contributed by atoms with Crippen molar-refractivity contribution in [2.24, 2.45) is 0 Å². The molecule has 1 saturated heterocycles. The molecule has 0 spiro atoms. The van der Waals surface area contributed by atoms with Crippen LogP contribution < -0.4 is 10.6 Å². The Morgan fingerprint density at radius 3 is 1.78 bits per heavy atom. The van der Waals surface area contributed by atoms with Crippen LogP contribution in [0.5, 0.6) is 0 Å². The van der Waals surface area contributed by atoms with Crippen LogP contribution in [0.2, 0.25) is 0 Å². The first-order valence-corrected chi connectivity index (χ1v) is 8.46. The topological polar surface area (TPSA) is 61.4 Å². The van der Waals surface area contributed by atoms with E-state index in [4.69, 9.17) is 0 Å². The Hall–Kier alpha value is -0.170. The Morgan fingerprint density at radius 1 is 0.889 bits per heavy atom. The van der Waals surface area contributed by atoms with E-state index in [1.54, 1.807) is 18.2 Å². The van der Waals surface area contributed by atoms with Gasteiger partial charge in [-0.1, -0.05) is 0 Å². The highest BCUT2D eigenvalue weighted by Crippen LogP contribution is 2.10. The van der Waals surface area contributed by atoms with Crippen molar-refractivity contribution in [3.63, 3.8) is 0 Å². The lowest BCUT2D eigenvalue weighted by molar-refractivity contribution is 0.381. The third kappa shape index (κ3) is 5.22. The maximum Gasteiger partial charge on any atom is 0.216 e. The highest BCUT2D eigenvalue weighted by molar-refractivity contribution is 7.89. The average molecular weight is 277 g/mol. The van der Waals surface area contributed by atoms with E-state index in [1.165, 1.54) is 0 Å². The molecule has 1 aliphatic rings. The first-order chi connectivity index (χ1) is 8.55. The summed E-state index contributed by atoms with van der Waals surface area (Å²) in [4.78, 5) is 0. The first kappa shape index (κ1) is 15.9. The van der Waals surface area contributed by atoms with Crippen LogP contribution in [0, 0.1) is 0 Å². The van der Waals surface area contributed by atoms with Crippen LogP contribution in [-0.4, -0.2) is 57.2 Å². The molecule has 0 saturated carbocycles. The smallest absolute Gasteiger partial charge is 0.216 e. The SMILES string of the molecule is CC(C)S(=O)(=O)N1CCCNCCCNCCC1. The summed E-state index contributed by atoms with van der Waals surface area (Å²) in [5, 5.41) is 6.36. The minimum absolute atomic E-state index is 0.327. The molecule has 6 heteroatoms. The van der Waals surface area contributed by atoms with Gasteiger partial charge in [0.05, 0.1) is 5.25 Å². The molecule has 108 valence electrons. The predicted octanol–water partition coefficient (Wildman–Crippen LogP) is 0.390. The van der Waals surface area contributed by atoms with Gasteiger partial charge in [-0.05, 0) is 59.3 Å². The summed E-state index contributed by atoms with van der Waals surface area (Å²) >= 11 is 0. The van der Waals surface area contributed by atoms with E-state index >= 15 is 0 Å². The van der Waals surface area contributed by atoms with Crippen LogP contribution in [0.15, 0.2) is 0 Å². The zero-order chi connectivity index (χ0) is 13.4. The Morgan fingerprint density at radius 2 is 1.33 bits per heavy atom. The molecule has 1 fully saturated rings. The summed E-state index contributed by atoms with van der Waals surface area (Å²) in [6.07, 6.45) is 2.91. The van der Waals surface area contributed by atoms with E-state index in [2.05, 4.69) is 10.6 Å². The van der Waals surface area contributed by atoms with E-state index < -0.39 is 10.0 Å². The summed E-state index contributed by atoms with van der Waals surface area (Å²) < 4.78 is 26.0. The molecule has 0 aromatic heterocycles. The second kappa shape index (κ2) is 8.09. The van der Waals surface area contributed by atoms with Crippen LogP contribution in [0.25, 0.3) is 0 Å². The normalized spacial score (nSPS) is 22.4. The third-order valence-electron chi connectivity index (χ3n) is 3.18. The van der Waals surface area contributed by atoms with Gasteiger partial charge in [-0.15, -0.1) is 0 Å². The maximum atomic E-state index is 12.2. The van der Waals surface area contributed by atoms with Gasteiger partial charge in [0.1, 0.15) is 0 Å². The number of nitrogens with one attached hydrogen (secondary N) is 2. The zero-order valence-electron chi connectivity index (χ0n) is 11.6. The number of rotatable bonds is 2. The number of hydrogen-bond donors (Lipinski definition) is 2. The van der Waals surface area contributed by atoms with Gasteiger partial charge in [0, 0.05) is 13.1 Å². The second-order valence-corrected chi connectivity index (χ2v) is 7.54. The lowest BCUT2D eigenvalue weighted by Crippen LogP contribution is -2.40.